The van der Waals surface area contributed by atoms with Crippen molar-refractivity contribution in [2.24, 2.45) is 11.8 Å². The summed E-state index contributed by atoms with van der Waals surface area (Å²) in [4.78, 5) is 0. The van der Waals surface area contributed by atoms with Gasteiger partial charge in [0.25, 0.3) is 0 Å². The Morgan fingerprint density at radius 3 is 2.38 bits per heavy atom. The minimum atomic E-state index is -0.480. The molecule has 1 heteroatoms. The minimum absolute atomic E-state index is 0.480. The number of hydrogen-bond donors (Lipinski definition) is 1. The van der Waals surface area contributed by atoms with Gasteiger partial charge in [0, 0.05) is 0 Å². The summed E-state index contributed by atoms with van der Waals surface area (Å²) in [6, 6.07) is 6.34. The lowest BCUT2D eigenvalue weighted by atomic mass is 9.95. The van der Waals surface area contributed by atoms with Gasteiger partial charge in [0.15, 0.2) is 0 Å². The van der Waals surface area contributed by atoms with E-state index in [9.17, 15) is 5.11 Å². The van der Waals surface area contributed by atoms with Crippen molar-refractivity contribution < 1.29 is 5.11 Å². The van der Waals surface area contributed by atoms with Crippen molar-refractivity contribution in [3.8, 4) is 0 Å². The Kier molecular flexibility index (Phi) is 2.16. The van der Waals surface area contributed by atoms with E-state index in [0.29, 0.717) is 11.8 Å². The maximum Gasteiger partial charge on any atom is 0.0962 e. The molecule has 0 aliphatic heterocycles. The van der Waals surface area contributed by atoms with E-state index in [4.69, 9.17) is 0 Å². The van der Waals surface area contributed by atoms with Gasteiger partial charge in [-0.2, -0.15) is 0 Å². The summed E-state index contributed by atoms with van der Waals surface area (Å²) in [5, 5.41) is 10.9. The standard InChI is InChI=1S/C15H20O/c1-10-6-5-9-12(11(10)2)15(16)13-7-3-4-8-14(13)15/h5-6,9,13-14,16H,3-4,7-8H2,1-2H3. The van der Waals surface area contributed by atoms with E-state index in [2.05, 4.69) is 32.0 Å². The van der Waals surface area contributed by atoms with Gasteiger partial charge in [0.05, 0.1) is 5.60 Å². The van der Waals surface area contributed by atoms with Gasteiger partial charge in [-0.1, -0.05) is 31.0 Å². The first-order chi connectivity index (χ1) is 7.65. The van der Waals surface area contributed by atoms with Crippen LogP contribution >= 0.6 is 0 Å². The molecule has 2 aliphatic carbocycles. The summed E-state index contributed by atoms with van der Waals surface area (Å²) in [5.74, 6) is 1.09. The van der Waals surface area contributed by atoms with Crippen LogP contribution in [0.25, 0.3) is 0 Å². The third-order valence-electron chi connectivity index (χ3n) is 4.82. The molecule has 0 saturated heterocycles. The largest absolute Gasteiger partial charge is 0.385 e. The molecule has 3 rings (SSSR count). The van der Waals surface area contributed by atoms with Crippen molar-refractivity contribution in [2.75, 3.05) is 0 Å². The summed E-state index contributed by atoms with van der Waals surface area (Å²) in [5.41, 5.74) is 3.31. The van der Waals surface area contributed by atoms with Gasteiger partial charge in [0.2, 0.25) is 0 Å². The van der Waals surface area contributed by atoms with Crippen LogP contribution in [-0.2, 0) is 5.60 Å². The Labute approximate surface area is 97.5 Å². The molecule has 2 unspecified atom stereocenters. The SMILES string of the molecule is Cc1cccc(C2(O)C3CCCCC32)c1C. The van der Waals surface area contributed by atoms with Gasteiger partial charge >= 0.3 is 0 Å². The molecule has 0 amide bonds. The maximum absolute atomic E-state index is 10.9. The Morgan fingerprint density at radius 2 is 1.75 bits per heavy atom. The monoisotopic (exact) mass is 216 g/mol. The first-order valence-electron chi connectivity index (χ1n) is 6.44. The fourth-order valence-electron chi connectivity index (χ4n) is 3.68. The van der Waals surface area contributed by atoms with Crippen LogP contribution in [0.4, 0.5) is 0 Å². The summed E-state index contributed by atoms with van der Waals surface area (Å²) < 4.78 is 0. The van der Waals surface area contributed by atoms with E-state index < -0.39 is 5.60 Å². The first kappa shape index (κ1) is 10.3. The highest BCUT2D eigenvalue weighted by atomic mass is 16.3. The van der Waals surface area contributed by atoms with Crippen LogP contribution in [0.3, 0.4) is 0 Å². The Balaban J connectivity index is 2.01. The van der Waals surface area contributed by atoms with Crippen LogP contribution in [0.5, 0.6) is 0 Å². The summed E-state index contributed by atoms with van der Waals surface area (Å²) in [6.07, 6.45) is 5.03. The highest BCUT2D eigenvalue weighted by Gasteiger charge is 2.64. The lowest BCUT2D eigenvalue weighted by Gasteiger charge is -2.16. The summed E-state index contributed by atoms with van der Waals surface area (Å²) in [7, 11) is 0. The Bertz CT molecular complexity index is 409. The normalized spacial score (nSPS) is 36.9. The zero-order valence-electron chi connectivity index (χ0n) is 10.2. The van der Waals surface area contributed by atoms with E-state index in [-0.39, 0.29) is 0 Å². The summed E-state index contributed by atoms with van der Waals surface area (Å²) >= 11 is 0. The van der Waals surface area contributed by atoms with Gasteiger partial charge in [-0.25, -0.2) is 0 Å². The second-order valence-corrected chi connectivity index (χ2v) is 5.57. The van der Waals surface area contributed by atoms with Crippen molar-refractivity contribution in [1.29, 1.82) is 0 Å². The van der Waals surface area contributed by atoms with Crippen molar-refractivity contribution in [2.45, 2.75) is 45.1 Å². The van der Waals surface area contributed by atoms with Gasteiger partial charge in [-0.05, 0) is 55.2 Å². The number of rotatable bonds is 1. The first-order valence-corrected chi connectivity index (χ1v) is 6.44. The second-order valence-electron chi connectivity index (χ2n) is 5.57. The molecule has 2 fully saturated rings. The van der Waals surface area contributed by atoms with E-state index in [1.54, 1.807) is 0 Å². The molecular weight excluding hydrogens is 196 g/mol. The molecule has 1 aromatic carbocycles. The van der Waals surface area contributed by atoms with Gasteiger partial charge in [-0.15, -0.1) is 0 Å². The molecule has 1 nitrogen and oxygen atoms in total. The molecule has 16 heavy (non-hydrogen) atoms. The van der Waals surface area contributed by atoms with E-state index in [1.165, 1.54) is 42.4 Å². The molecule has 2 atom stereocenters. The molecule has 1 N–H and O–H groups in total. The topological polar surface area (TPSA) is 20.2 Å². The molecule has 86 valence electrons. The number of aliphatic hydroxyl groups is 1. The smallest absolute Gasteiger partial charge is 0.0962 e. The lowest BCUT2D eigenvalue weighted by molar-refractivity contribution is 0.117. The van der Waals surface area contributed by atoms with E-state index in [0.717, 1.165) is 0 Å². The van der Waals surface area contributed by atoms with Crippen LogP contribution in [0.2, 0.25) is 0 Å². The molecule has 1 aromatic rings. The molecule has 2 saturated carbocycles. The van der Waals surface area contributed by atoms with Crippen LogP contribution in [0.1, 0.15) is 42.4 Å². The number of fused-ring (bicyclic) bond motifs is 1. The number of hydrogen-bond acceptors (Lipinski definition) is 1. The highest BCUT2D eigenvalue weighted by Crippen LogP contribution is 2.64. The predicted octanol–water partition coefficient (Wildman–Crippen LogP) is 3.31. The van der Waals surface area contributed by atoms with Gasteiger partial charge in [0.1, 0.15) is 0 Å². The number of aryl methyl sites for hydroxylation is 1. The average Bonchev–Trinajstić information content (AvgIpc) is 2.91. The van der Waals surface area contributed by atoms with Crippen LogP contribution < -0.4 is 0 Å². The average molecular weight is 216 g/mol. The van der Waals surface area contributed by atoms with E-state index in [1.807, 2.05) is 0 Å². The van der Waals surface area contributed by atoms with Crippen molar-refractivity contribution in [3.63, 3.8) is 0 Å². The van der Waals surface area contributed by atoms with Crippen LogP contribution in [-0.4, -0.2) is 5.11 Å². The third-order valence-corrected chi connectivity index (χ3v) is 4.82. The fourth-order valence-corrected chi connectivity index (χ4v) is 3.68. The quantitative estimate of drug-likeness (QED) is 0.763. The Hall–Kier alpha value is -0.820. The highest BCUT2D eigenvalue weighted by molar-refractivity contribution is 5.42. The Morgan fingerprint density at radius 1 is 1.12 bits per heavy atom. The van der Waals surface area contributed by atoms with Gasteiger partial charge in [-0.3, -0.25) is 0 Å². The molecule has 0 bridgehead atoms. The van der Waals surface area contributed by atoms with Crippen LogP contribution in [0, 0.1) is 25.7 Å². The molecule has 0 aromatic heterocycles. The fraction of sp³-hybridized carbons (Fsp3) is 0.600. The lowest BCUT2D eigenvalue weighted by Crippen LogP contribution is -2.12. The molecule has 0 radical (unpaired) electrons. The zero-order valence-corrected chi connectivity index (χ0v) is 10.2. The second kappa shape index (κ2) is 3.33. The zero-order chi connectivity index (χ0) is 11.3. The number of benzene rings is 1. The predicted molar refractivity (Wildman–Crippen MR) is 65.3 cm³/mol. The minimum Gasteiger partial charge on any atom is -0.385 e. The molecule has 0 spiro atoms. The molecule has 2 aliphatic rings. The maximum atomic E-state index is 10.9. The molecule has 0 heterocycles. The van der Waals surface area contributed by atoms with Gasteiger partial charge < -0.3 is 5.11 Å². The summed E-state index contributed by atoms with van der Waals surface area (Å²) in [6.45, 7) is 4.28. The third kappa shape index (κ3) is 1.21. The van der Waals surface area contributed by atoms with E-state index >= 15 is 0 Å². The van der Waals surface area contributed by atoms with Crippen molar-refractivity contribution >= 4 is 0 Å². The molecular formula is C15H20O. The van der Waals surface area contributed by atoms with Crippen molar-refractivity contribution in [1.82, 2.24) is 0 Å². The van der Waals surface area contributed by atoms with Crippen molar-refractivity contribution in [3.05, 3.63) is 34.9 Å². The van der Waals surface area contributed by atoms with Crippen LogP contribution in [0.15, 0.2) is 18.2 Å².